The summed E-state index contributed by atoms with van der Waals surface area (Å²) in [4.78, 5) is 0. The first-order valence-electron chi connectivity index (χ1n) is 34.8. The SMILES string of the molecule is COc1cc(C=CC(=C(c2ccccc2)C(C(=C(C=Cc2cc(OC)cc(OC)c2)c2ccccc2)c2ccccc2)(C(=C(C=Cc2cc(OC)cc(OC)c2)c2ccccc2)c2ccccc2)C(=C(C=Cc2cc(OC)cc(OC)c2)c2ccccc2)c2ccccc2)c2ccccc2)cc(OC)c1. The van der Waals surface area contributed by atoms with Crippen molar-refractivity contribution >= 4 is 68.9 Å². The molecule has 12 rings (SSSR count). The van der Waals surface area contributed by atoms with Gasteiger partial charge in [0, 0.05) is 24.3 Å². The molecule has 0 saturated carbocycles. The number of rotatable bonds is 28. The molecule has 0 bridgehead atoms. The summed E-state index contributed by atoms with van der Waals surface area (Å²) in [7, 11) is 13.5. The molecule has 0 radical (unpaired) electrons. The van der Waals surface area contributed by atoms with Crippen molar-refractivity contribution < 1.29 is 37.9 Å². The molecule has 0 aliphatic carbocycles. The molecule has 0 aliphatic rings. The van der Waals surface area contributed by atoms with Gasteiger partial charge in [-0.1, -0.05) is 291 Å². The molecule has 0 aromatic heterocycles. The fourth-order valence-corrected chi connectivity index (χ4v) is 13.7. The van der Waals surface area contributed by atoms with Crippen molar-refractivity contribution in [3.63, 3.8) is 0 Å². The van der Waals surface area contributed by atoms with Crippen molar-refractivity contribution in [2.24, 2.45) is 5.41 Å². The number of hydrogen-bond acceptors (Lipinski definition) is 8. The van der Waals surface area contributed by atoms with Gasteiger partial charge < -0.3 is 37.9 Å². The van der Waals surface area contributed by atoms with Crippen molar-refractivity contribution in [2.45, 2.75) is 0 Å². The molecule has 8 heteroatoms. The highest BCUT2D eigenvalue weighted by Crippen LogP contribution is 2.68. The van der Waals surface area contributed by atoms with Gasteiger partial charge in [-0.15, -0.1) is 0 Å². The van der Waals surface area contributed by atoms with Crippen molar-refractivity contribution in [3.05, 3.63) is 407 Å². The summed E-state index contributed by atoms with van der Waals surface area (Å²) in [5, 5.41) is 0. The lowest BCUT2D eigenvalue weighted by Crippen LogP contribution is -2.32. The average Bonchev–Trinajstić information content (AvgIpc) is 0.690. The van der Waals surface area contributed by atoms with Crippen LogP contribution in [0.1, 0.15) is 66.8 Å². The second kappa shape index (κ2) is 35.0. The van der Waals surface area contributed by atoms with E-state index in [2.05, 4.69) is 291 Å². The number of ether oxygens (including phenoxy) is 8. The number of hydrogen-bond donors (Lipinski definition) is 0. The monoisotopic (exact) mass is 1380 g/mol. The van der Waals surface area contributed by atoms with Crippen molar-refractivity contribution in [1.82, 2.24) is 0 Å². The van der Waals surface area contributed by atoms with Crippen molar-refractivity contribution in [1.29, 1.82) is 0 Å². The normalized spacial score (nSPS) is 13.1. The van der Waals surface area contributed by atoms with Crippen molar-refractivity contribution in [3.8, 4) is 46.0 Å². The van der Waals surface area contributed by atoms with Gasteiger partial charge in [0.1, 0.15) is 46.0 Å². The van der Waals surface area contributed by atoms with E-state index in [0.717, 1.165) is 111 Å². The lowest BCUT2D eigenvalue weighted by molar-refractivity contribution is 0.394. The highest BCUT2D eigenvalue weighted by Gasteiger charge is 2.52. The van der Waals surface area contributed by atoms with Crippen LogP contribution in [0, 0.1) is 5.41 Å². The Kier molecular flexibility index (Phi) is 23.9. The highest BCUT2D eigenvalue weighted by molar-refractivity contribution is 6.28. The standard InChI is InChI=1S/C97H84O8/c1-98-81-57-69(58-82(65-81)99-2)49-53-89(73-33-17-9-18-34-73)93(77-41-25-13-26-42-77)97(94(78-43-27-14-28-44-78)90(74-35-19-10-20-36-74)54-50-70-59-83(100-3)66-84(60-70)101-4,95(79-45-29-15-30-46-79)91(75-37-21-11-22-38-75)55-51-71-61-85(102-5)67-86(62-71)103-6)96(80-47-31-16-32-48-80)92(76-39-23-12-24-40-76)56-52-72-63-87(104-7)68-88(64-72)105-8/h9-68H,1-8H3. The minimum Gasteiger partial charge on any atom is -0.497 e. The fourth-order valence-electron chi connectivity index (χ4n) is 13.7. The second-order valence-corrected chi connectivity index (χ2v) is 24.8. The first kappa shape index (κ1) is 71.8. The van der Waals surface area contributed by atoms with Crippen LogP contribution in [0.4, 0.5) is 0 Å². The molecule has 0 heterocycles. The molecule has 8 nitrogen and oxygen atoms in total. The maximum absolute atomic E-state index is 6.04. The van der Waals surface area contributed by atoms with Gasteiger partial charge in [0.05, 0.1) is 62.3 Å². The van der Waals surface area contributed by atoms with E-state index >= 15 is 0 Å². The van der Waals surface area contributed by atoms with E-state index in [9.17, 15) is 0 Å². The van der Waals surface area contributed by atoms with E-state index in [4.69, 9.17) is 37.9 Å². The van der Waals surface area contributed by atoms with Crippen LogP contribution in [0.15, 0.2) is 340 Å². The fraction of sp³-hybridized carbons (Fsp3) is 0.0928. The average molecular weight is 1380 g/mol. The number of methoxy groups -OCH3 is 8. The minimum absolute atomic E-state index is 0.642. The summed E-state index contributed by atoms with van der Waals surface area (Å²) in [6.07, 6.45) is 17.9. The van der Waals surface area contributed by atoms with Gasteiger partial charge in [0.15, 0.2) is 0 Å². The van der Waals surface area contributed by atoms with Crippen LogP contribution in [0.3, 0.4) is 0 Å². The smallest absolute Gasteiger partial charge is 0.123 e. The minimum atomic E-state index is -1.66. The zero-order chi connectivity index (χ0) is 72.7. The van der Waals surface area contributed by atoms with E-state index in [1.165, 1.54) is 0 Å². The lowest BCUT2D eigenvalue weighted by Gasteiger charge is -2.48. The Hall–Kier alpha value is -13.0. The molecular formula is C97H84O8. The third kappa shape index (κ3) is 16.8. The van der Waals surface area contributed by atoms with Gasteiger partial charge in [0.25, 0.3) is 0 Å². The third-order valence-corrected chi connectivity index (χ3v) is 18.4. The molecule has 0 unspecified atom stereocenters. The van der Waals surface area contributed by atoms with Crippen LogP contribution < -0.4 is 37.9 Å². The van der Waals surface area contributed by atoms with Gasteiger partial charge in [-0.05, 0) is 160 Å². The Labute approximate surface area is 618 Å². The van der Waals surface area contributed by atoms with Crippen LogP contribution in [0.5, 0.6) is 46.0 Å². The maximum Gasteiger partial charge on any atom is 0.123 e. The van der Waals surface area contributed by atoms with Gasteiger partial charge in [-0.3, -0.25) is 0 Å². The highest BCUT2D eigenvalue weighted by atomic mass is 16.5. The molecule has 0 aliphatic heterocycles. The molecule has 520 valence electrons. The summed E-state index contributed by atoms with van der Waals surface area (Å²) in [5.74, 6) is 5.14. The maximum atomic E-state index is 6.04. The summed E-state index contributed by atoms with van der Waals surface area (Å²) < 4.78 is 48.3. The molecule has 0 spiro atoms. The molecule has 12 aromatic rings. The third-order valence-electron chi connectivity index (χ3n) is 18.4. The Morgan fingerprint density at radius 3 is 0.476 bits per heavy atom. The number of benzene rings is 12. The summed E-state index contributed by atoms with van der Waals surface area (Å²) in [6.45, 7) is 0. The summed E-state index contributed by atoms with van der Waals surface area (Å²) in [5.41, 5.74) is 16.3. The largest absolute Gasteiger partial charge is 0.497 e. The van der Waals surface area contributed by atoms with Crippen LogP contribution >= 0.6 is 0 Å². The molecule has 0 amide bonds. The summed E-state index contributed by atoms with van der Waals surface area (Å²) in [6, 6.07) is 111. The van der Waals surface area contributed by atoms with E-state index in [1.807, 2.05) is 72.8 Å². The zero-order valence-corrected chi connectivity index (χ0v) is 60.4. The Balaban J connectivity index is 1.52. The molecule has 105 heavy (non-hydrogen) atoms. The molecular weight excluding hydrogens is 1290 g/mol. The zero-order valence-electron chi connectivity index (χ0n) is 60.4. The van der Waals surface area contributed by atoms with Gasteiger partial charge in [0.2, 0.25) is 0 Å². The Morgan fingerprint density at radius 1 is 0.190 bits per heavy atom. The van der Waals surface area contributed by atoms with Gasteiger partial charge >= 0.3 is 0 Å². The van der Waals surface area contributed by atoms with E-state index < -0.39 is 5.41 Å². The molecule has 0 atom stereocenters. The molecule has 0 saturated heterocycles. The van der Waals surface area contributed by atoms with Crippen LogP contribution in [0.25, 0.3) is 68.9 Å². The number of allylic oxidation sites excluding steroid dienone is 12. The van der Waals surface area contributed by atoms with Crippen LogP contribution in [0.2, 0.25) is 0 Å². The predicted molar refractivity (Wildman–Crippen MR) is 436 cm³/mol. The van der Waals surface area contributed by atoms with Gasteiger partial charge in [-0.2, -0.15) is 0 Å². The van der Waals surface area contributed by atoms with E-state index in [0.29, 0.717) is 46.0 Å². The Bertz CT molecular complexity index is 4410. The first-order chi connectivity index (χ1) is 51.7. The van der Waals surface area contributed by atoms with E-state index in [-0.39, 0.29) is 0 Å². The second-order valence-electron chi connectivity index (χ2n) is 24.8. The molecule has 12 aromatic carbocycles. The molecule has 0 N–H and O–H groups in total. The quantitative estimate of drug-likeness (QED) is 0.0355. The van der Waals surface area contributed by atoms with Crippen LogP contribution in [-0.2, 0) is 0 Å². The molecule has 0 fully saturated rings. The van der Waals surface area contributed by atoms with E-state index in [1.54, 1.807) is 56.9 Å². The predicted octanol–water partition coefficient (Wildman–Crippen LogP) is 23.3. The summed E-state index contributed by atoms with van der Waals surface area (Å²) >= 11 is 0. The first-order valence-corrected chi connectivity index (χ1v) is 34.8. The van der Waals surface area contributed by atoms with Crippen LogP contribution in [-0.4, -0.2) is 56.9 Å². The lowest BCUT2D eigenvalue weighted by atomic mass is 9.53. The topological polar surface area (TPSA) is 73.8 Å². The van der Waals surface area contributed by atoms with Gasteiger partial charge in [-0.25, -0.2) is 0 Å². The Morgan fingerprint density at radius 2 is 0.333 bits per heavy atom. The van der Waals surface area contributed by atoms with Crippen molar-refractivity contribution in [2.75, 3.05) is 56.9 Å².